The molecule has 1 aromatic rings. The summed E-state index contributed by atoms with van der Waals surface area (Å²) in [5, 5.41) is 0. The van der Waals surface area contributed by atoms with E-state index in [4.69, 9.17) is 4.74 Å². The van der Waals surface area contributed by atoms with Gasteiger partial charge in [-0.2, -0.15) is 0 Å². The summed E-state index contributed by atoms with van der Waals surface area (Å²) in [6, 6.07) is 10.2. The second-order valence-corrected chi connectivity index (χ2v) is 5.05. The number of thioether (sulfide) groups is 1. The Morgan fingerprint density at radius 1 is 1.38 bits per heavy atom. The molecule has 16 heavy (non-hydrogen) atoms. The molecule has 1 aliphatic heterocycles. The van der Waals surface area contributed by atoms with Crippen LogP contribution in [0.5, 0.6) is 0 Å². The molecule has 2 rings (SSSR count). The van der Waals surface area contributed by atoms with Gasteiger partial charge in [0.15, 0.2) is 5.78 Å². The smallest absolute Gasteiger partial charge is 0.162 e. The van der Waals surface area contributed by atoms with Crippen LogP contribution in [0.1, 0.15) is 19.3 Å². The Bertz CT molecular complexity index is 331. The van der Waals surface area contributed by atoms with Crippen molar-refractivity contribution in [3.63, 3.8) is 0 Å². The molecule has 1 heterocycles. The number of carbonyl (C=O) groups is 1. The van der Waals surface area contributed by atoms with E-state index in [1.165, 1.54) is 4.90 Å². The topological polar surface area (TPSA) is 26.3 Å². The minimum Gasteiger partial charge on any atom is -0.370 e. The molecular weight excluding hydrogens is 220 g/mol. The van der Waals surface area contributed by atoms with Crippen molar-refractivity contribution in [3.05, 3.63) is 30.3 Å². The third-order valence-electron chi connectivity index (χ3n) is 2.65. The van der Waals surface area contributed by atoms with Crippen molar-refractivity contribution in [1.29, 1.82) is 0 Å². The van der Waals surface area contributed by atoms with Crippen LogP contribution in [-0.4, -0.2) is 24.2 Å². The SMILES string of the molecule is O=C(CCSc1ccccc1)C1CCCO1. The minimum absolute atomic E-state index is 0.114. The van der Waals surface area contributed by atoms with Gasteiger partial charge in [0, 0.05) is 23.7 Å². The fourth-order valence-corrected chi connectivity index (χ4v) is 2.67. The third kappa shape index (κ3) is 3.35. The van der Waals surface area contributed by atoms with Crippen molar-refractivity contribution in [2.45, 2.75) is 30.3 Å². The van der Waals surface area contributed by atoms with E-state index in [2.05, 4.69) is 12.1 Å². The number of ketones is 1. The van der Waals surface area contributed by atoms with Gasteiger partial charge in [-0.15, -0.1) is 11.8 Å². The number of ether oxygens (including phenoxy) is 1. The predicted molar refractivity (Wildman–Crippen MR) is 65.8 cm³/mol. The Balaban J connectivity index is 1.70. The van der Waals surface area contributed by atoms with Crippen molar-refractivity contribution in [2.24, 2.45) is 0 Å². The van der Waals surface area contributed by atoms with E-state index < -0.39 is 0 Å². The van der Waals surface area contributed by atoms with E-state index >= 15 is 0 Å². The molecule has 0 saturated carbocycles. The number of carbonyl (C=O) groups excluding carboxylic acids is 1. The third-order valence-corrected chi connectivity index (χ3v) is 3.66. The summed E-state index contributed by atoms with van der Waals surface area (Å²) in [5.74, 6) is 1.11. The van der Waals surface area contributed by atoms with E-state index in [-0.39, 0.29) is 11.9 Å². The molecule has 86 valence electrons. The van der Waals surface area contributed by atoms with Crippen molar-refractivity contribution in [3.8, 4) is 0 Å². The number of Topliss-reactive ketones (excluding diaryl/α,β-unsaturated/α-hetero) is 1. The van der Waals surface area contributed by atoms with E-state index in [1.807, 2.05) is 18.2 Å². The van der Waals surface area contributed by atoms with Gasteiger partial charge in [0.1, 0.15) is 6.10 Å². The first-order chi connectivity index (χ1) is 7.86. The highest BCUT2D eigenvalue weighted by atomic mass is 32.2. The summed E-state index contributed by atoms with van der Waals surface area (Å²) < 4.78 is 5.36. The molecular formula is C13H16O2S. The molecule has 0 spiro atoms. The van der Waals surface area contributed by atoms with Gasteiger partial charge in [-0.05, 0) is 25.0 Å². The first-order valence-corrected chi connectivity index (χ1v) is 6.67. The van der Waals surface area contributed by atoms with Crippen molar-refractivity contribution < 1.29 is 9.53 Å². The molecule has 0 radical (unpaired) electrons. The summed E-state index contributed by atoms with van der Waals surface area (Å²) >= 11 is 1.73. The summed E-state index contributed by atoms with van der Waals surface area (Å²) in [6.45, 7) is 0.752. The van der Waals surface area contributed by atoms with Gasteiger partial charge in [-0.25, -0.2) is 0 Å². The van der Waals surface area contributed by atoms with E-state index in [0.717, 1.165) is 25.2 Å². The molecule has 3 heteroatoms. The largest absolute Gasteiger partial charge is 0.370 e. The van der Waals surface area contributed by atoms with Crippen LogP contribution in [0.25, 0.3) is 0 Å². The lowest BCUT2D eigenvalue weighted by Crippen LogP contribution is -2.19. The summed E-state index contributed by atoms with van der Waals surface area (Å²) in [6.07, 6.45) is 2.44. The van der Waals surface area contributed by atoms with Crippen LogP contribution in [0.4, 0.5) is 0 Å². The van der Waals surface area contributed by atoms with Crippen LogP contribution in [0.15, 0.2) is 35.2 Å². The van der Waals surface area contributed by atoms with Crippen molar-refractivity contribution >= 4 is 17.5 Å². The van der Waals surface area contributed by atoms with Crippen molar-refractivity contribution in [1.82, 2.24) is 0 Å². The number of hydrogen-bond donors (Lipinski definition) is 0. The zero-order valence-electron chi connectivity index (χ0n) is 9.22. The van der Waals surface area contributed by atoms with Crippen LogP contribution >= 0.6 is 11.8 Å². The van der Waals surface area contributed by atoms with Gasteiger partial charge in [0.2, 0.25) is 0 Å². The number of benzene rings is 1. The van der Waals surface area contributed by atoms with Crippen LogP contribution in [-0.2, 0) is 9.53 Å². The molecule has 1 fully saturated rings. The van der Waals surface area contributed by atoms with Gasteiger partial charge in [-0.1, -0.05) is 18.2 Å². The number of hydrogen-bond acceptors (Lipinski definition) is 3. The normalized spacial score (nSPS) is 19.9. The van der Waals surface area contributed by atoms with E-state index in [0.29, 0.717) is 6.42 Å². The second-order valence-electron chi connectivity index (χ2n) is 3.88. The van der Waals surface area contributed by atoms with Crippen LogP contribution in [0.2, 0.25) is 0 Å². The highest BCUT2D eigenvalue weighted by Gasteiger charge is 2.22. The lowest BCUT2D eigenvalue weighted by molar-refractivity contribution is -0.127. The zero-order chi connectivity index (χ0) is 11.2. The molecule has 0 N–H and O–H groups in total. The van der Waals surface area contributed by atoms with Gasteiger partial charge in [0.25, 0.3) is 0 Å². The van der Waals surface area contributed by atoms with Crippen molar-refractivity contribution in [2.75, 3.05) is 12.4 Å². The fraction of sp³-hybridized carbons (Fsp3) is 0.462. The Hall–Kier alpha value is -0.800. The van der Waals surface area contributed by atoms with Gasteiger partial charge in [0.05, 0.1) is 0 Å². The monoisotopic (exact) mass is 236 g/mol. The molecule has 0 aromatic heterocycles. The number of rotatable bonds is 5. The molecule has 1 unspecified atom stereocenters. The lowest BCUT2D eigenvalue weighted by atomic mass is 10.1. The zero-order valence-corrected chi connectivity index (χ0v) is 10.0. The average molecular weight is 236 g/mol. The average Bonchev–Trinajstić information content (AvgIpc) is 2.84. The summed E-state index contributed by atoms with van der Waals surface area (Å²) in [5.41, 5.74) is 0. The Labute approximate surface area is 100 Å². The predicted octanol–water partition coefficient (Wildman–Crippen LogP) is 2.92. The van der Waals surface area contributed by atoms with Gasteiger partial charge < -0.3 is 4.74 Å². The maximum atomic E-state index is 11.7. The first-order valence-electron chi connectivity index (χ1n) is 5.68. The Kier molecular flexibility index (Phi) is 4.43. The van der Waals surface area contributed by atoms with E-state index in [1.54, 1.807) is 11.8 Å². The standard InChI is InChI=1S/C13H16O2S/c14-12(13-7-4-9-15-13)8-10-16-11-5-2-1-3-6-11/h1-3,5-6,13H,4,7-10H2. The maximum Gasteiger partial charge on any atom is 0.162 e. The Morgan fingerprint density at radius 3 is 2.88 bits per heavy atom. The maximum absolute atomic E-state index is 11.7. The van der Waals surface area contributed by atoms with Gasteiger partial charge >= 0.3 is 0 Å². The molecule has 0 amide bonds. The quantitative estimate of drug-likeness (QED) is 0.735. The lowest BCUT2D eigenvalue weighted by Gasteiger charge is -2.07. The van der Waals surface area contributed by atoms with E-state index in [9.17, 15) is 4.79 Å². The first kappa shape index (κ1) is 11.7. The highest BCUT2D eigenvalue weighted by Crippen LogP contribution is 2.20. The van der Waals surface area contributed by atoms with Crippen LogP contribution in [0.3, 0.4) is 0 Å². The Morgan fingerprint density at radius 2 is 2.19 bits per heavy atom. The second kappa shape index (κ2) is 6.06. The minimum atomic E-state index is -0.114. The molecule has 1 aliphatic rings. The molecule has 1 atom stereocenters. The summed E-state index contributed by atoms with van der Waals surface area (Å²) in [4.78, 5) is 12.9. The molecule has 2 nitrogen and oxygen atoms in total. The fourth-order valence-electron chi connectivity index (χ4n) is 1.78. The van der Waals surface area contributed by atoms with Crippen LogP contribution in [0, 0.1) is 0 Å². The van der Waals surface area contributed by atoms with Gasteiger partial charge in [-0.3, -0.25) is 4.79 Å². The highest BCUT2D eigenvalue weighted by molar-refractivity contribution is 7.99. The van der Waals surface area contributed by atoms with Crippen LogP contribution < -0.4 is 0 Å². The molecule has 0 bridgehead atoms. The molecule has 0 aliphatic carbocycles. The molecule has 1 aromatic carbocycles. The summed E-state index contributed by atoms with van der Waals surface area (Å²) in [7, 11) is 0. The molecule has 1 saturated heterocycles.